The maximum Gasteiger partial charge on any atom is 0.218 e. The summed E-state index contributed by atoms with van der Waals surface area (Å²) in [6.07, 6.45) is 12.8. The molecule has 2 saturated carbocycles. The first-order valence-corrected chi connectivity index (χ1v) is 15.7. The van der Waals surface area contributed by atoms with Gasteiger partial charge >= 0.3 is 0 Å². The van der Waals surface area contributed by atoms with Gasteiger partial charge in [-0.1, -0.05) is 60.1 Å². The Morgan fingerprint density at radius 3 is 2.59 bits per heavy atom. The SMILES string of the molecule is C/C=C1/CC[C@@]2(C)[C@@H](C1)[C@H](O[Si](C)(C)c1ccccc1)C[C@H]1C(CCC=O)=C(C)CC[C@@H]12. The van der Waals surface area contributed by atoms with E-state index in [9.17, 15) is 4.79 Å². The molecule has 1 aromatic carbocycles. The summed E-state index contributed by atoms with van der Waals surface area (Å²) in [5.74, 6) is 1.92. The van der Waals surface area contributed by atoms with Crippen LogP contribution in [0.5, 0.6) is 0 Å². The molecule has 3 heteroatoms. The number of hydrogen-bond acceptors (Lipinski definition) is 2. The van der Waals surface area contributed by atoms with Gasteiger partial charge in [-0.05, 0) is 100 Å². The van der Waals surface area contributed by atoms with Crippen molar-refractivity contribution in [2.75, 3.05) is 0 Å². The van der Waals surface area contributed by atoms with Crippen molar-refractivity contribution < 1.29 is 9.22 Å². The van der Waals surface area contributed by atoms with Gasteiger partial charge in [0.15, 0.2) is 0 Å². The van der Waals surface area contributed by atoms with Crippen molar-refractivity contribution in [2.45, 2.75) is 91.3 Å². The Balaban J connectivity index is 1.70. The number of benzene rings is 1. The minimum absolute atomic E-state index is 0.301. The van der Waals surface area contributed by atoms with Crippen LogP contribution >= 0.6 is 0 Å². The number of aldehydes is 1. The standard InChI is InChI=1S/C29H42O2Si/c1-6-22-16-17-29(3)26-15-14-21(2)24(13-10-18-30)25(26)20-28(27(29)19-22)31-32(4,5)23-11-8-7-9-12-23/h6-9,11-12,18,25-28H,10,13-17,19-20H2,1-5H3/b22-6-/t25-,26-,27-,28+,29+/m0/s1. The Labute approximate surface area is 196 Å². The molecule has 5 atom stereocenters. The maximum atomic E-state index is 11.2. The van der Waals surface area contributed by atoms with Gasteiger partial charge in [0, 0.05) is 12.5 Å². The summed E-state index contributed by atoms with van der Waals surface area (Å²) in [6, 6.07) is 10.9. The summed E-state index contributed by atoms with van der Waals surface area (Å²) in [6.45, 7) is 11.9. The van der Waals surface area contributed by atoms with Crippen molar-refractivity contribution >= 4 is 19.8 Å². The molecular weight excluding hydrogens is 408 g/mol. The van der Waals surface area contributed by atoms with E-state index < -0.39 is 8.32 Å². The maximum absolute atomic E-state index is 11.2. The predicted molar refractivity (Wildman–Crippen MR) is 136 cm³/mol. The third-order valence-corrected chi connectivity index (χ3v) is 11.9. The van der Waals surface area contributed by atoms with Crippen molar-refractivity contribution in [2.24, 2.45) is 23.2 Å². The van der Waals surface area contributed by atoms with Crippen molar-refractivity contribution in [3.63, 3.8) is 0 Å². The number of allylic oxidation sites excluding steroid dienone is 4. The van der Waals surface area contributed by atoms with Gasteiger partial charge in [-0.2, -0.15) is 0 Å². The molecule has 0 spiro atoms. The molecule has 0 amide bonds. The van der Waals surface area contributed by atoms with E-state index in [2.05, 4.69) is 70.3 Å². The van der Waals surface area contributed by atoms with Gasteiger partial charge in [0.1, 0.15) is 6.29 Å². The Kier molecular flexibility index (Phi) is 6.98. The molecule has 0 saturated heterocycles. The van der Waals surface area contributed by atoms with Crippen LogP contribution in [0.2, 0.25) is 13.1 Å². The van der Waals surface area contributed by atoms with Crippen LogP contribution in [0.3, 0.4) is 0 Å². The summed E-state index contributed by atoms with van der Waals surface area (Å²) in [5, 5.41) is 1.39. The quantitative estimate of drug-likeness (QED) is 0.266. The van der Waals surface area contributed by atoms with E-state index in [1.807, 2.05) is 0 Å². The normalized spacial score (nSPS) is 34.2. The third kappa shape index (κ3) is 4.35. The fourth-order valence-electron chi connectivity index (χ4n) is 7.34. The van der Waals surface area contributed by atoms with Gasteiger partial charge < -0.3 is 9.22 Å². The molecule has 3 aliphatic rings. The van der Waals surface area contributed by atoms with Crippen molar-refractivity contribution in [1.82, 2.24) is 0 Å². The smallest absolute Gasteiger partial charge is 0.218 e. The molecule has 174 valence electrons. The lowest BCUT2D eigenvalue weighted by Gasteiger charge is -2.60. The molecule has 2 fully saturated rings. The summed E-state index contributed by atoms with van der Waals surface area (Å²) < 4.78 is 7.25. The Morgan fingerprint density at radius 2 is 1.91 bits per heavy atom. The highest BCUT2D eigenvalue weighted by molar-refractivity contribution is 6.84. The zero-order valence-corrected chi connectivity index (χ0v) is 21.8. The van der Waals surface area contributed by atoms with Crippen LogP contribution in [-0.2, 0) is 9.22 Å². The minimum Gasteiger partial charge on any atom is -0.410 e. The van der Waals surface area contributed by atoms with Crippen LogP contribution in [0.4, 0.5) is 0 Å². The predicted octanol–water partition coefficient (Wildman–Crippen LogP) is 6.96. The van der Waals surface area contributed by atoms with Crippen LogP contribution in [0.25, 0.3) is 0 Å². The van der Waals surface area contributed by atoms with E-state index in [4.69, 9.17) is 4.43 Å². The summed E-state index contributed by atoms with van der Waals surface area (Å²) in [5.41, 5.74) is 5.10. The monoisotopic (exact) mass is 450 g/mol. The molecule has 0 N–H and O–H groups in total. The van der Waals surface area contributed by atoms with Crippen LogP contribution < -0.4 is 5.19 Å². The number of hydrogen-bond donors (Lipinski definition) is 0. The second-order valence-electron chi connectivity index (χ2n) is 11.3. The molecule has 0 radical (unpaired) electrons. The van der Waals surface area contributed by atoms with Crippen LogP contribution in [0.1, 0.15) is 72.1 Å². The number of carbonyl (C=O) groups excluding carboxylic acids is 1. The van der Waals surface area contributed by atoms with Crippen molar-refractivity contribution in [1.29, 1.82) is 0 Å². The van der Waals surface area contributed by atoms with E-state index in [-0.39, 0.29) is 0 Å². The van der Waals surface area contributed by atoms with E-state index in [1.165, 1.54) is 37.3 Å². The highest BCUT2D eigenvalue weighted by Gasteiger charge is 2.56. The first-order valence-electron chi connectivity index (χ1n) is 12.8. The van der Waals surface area contributed by atoms with Gasteiger partial charge in [-0.15, -0.1) is 0 Å². The van der Waals surface area contributed by atoms with Crippen molar-refractivity contribution in [3.05, 3.63) is 53.1 Å². The molecule has 4 rings (SSSR count). The molecule has 32 heavy (non-hydrogen) atoms. The minimum atomic E-state index is -2.02. The fraction of sp³-hybridized carbons (Fsp3) is 0.621. The topological polar surface area (TPSA) is 26.3 Å². The van der Waals surface area contributed by atoms with Gasteiger partial charge in [-0.25, -0.2) is 0 Å². The largest absolute Gasteiger partial charge is 0.410 e. The second kappa shape index (κ2) is 9.42. The van der Waals surface area contributed by atoms with Gasteiger partial charge in [0.05, 0.1) is 0 Å². The molecular formula is C29H42O2Si. The molecule has 0 aliphatic heterocycles. The van der Waals surface area contributed by atoms with Crippen LogP contribution in [0.15, 0.2) is 53.1 Å². The number of carbonyl (C=O) groups is 1. The molecule has 3 aliphatic carbocycles. The first kappa shape index (κ1) is 23.7. The van der Waals surface area contributed by atoms with E-state index in [0.717, 1.165) is 25.0 Å². The zero-order valence-electron chi connectivity index (χ0n) is 20.8. The Morgan fingerprint density at radius 1 is 1.16 bits per heavy atom. The second-order valence-corrected chi connectivity index (χ2v) is 15.1. The number of fused-ring (bicyclic) bond motifs is 3. The van der Waals surface area contributed by atoms with E-state index in [0.29, 0.717) is 29.8 Å². The van der Waals surface area contributed by atoms with Crippen molar-refractivity contribution in [3.8, 4) is 0 Å². The summed E-state index contributed by atoms with van der Waals surface area (Å²) in [7, 11) is -2.02. The Hall–Kier alpha value is -1.45. The number of rotatable bonds is 6. The van der Waals surface area contributed by atoms with Gasteiger partial charge in [0.25, 0.3) is 0 Å². The van der Waals surface area contributed by atoms with E-state index >= 15 is 0 Å². The van der Waals surface area contributed by atoms with Gasteiger partial charge in [-0.3, -0.25) is 0 Å². The average molecular weight is 451 g/mol. The van der Waals surface area contributed by atoms with Gasteiger partial charge in [0.2, 0.25) is 8.32 Å². The van der Waals surface area contributed by atoms with Crippen LogP contribution in [-0.4, -0.2) is 20.7 Å². The highest BCUT2D eigenvalue weighted by Crippen LogP contribution is 2.61. The zero-order chi connectivity index (χ0) is 22.9. The fourth-order valence-corrected chi connectivity index (χ4v) is 9.49. The summed E-state index contributed by atoms with van der Waals surface area (Å²) >= 11 is 0. The van der Waals surface area contributed by atoms with E-state index in [1.54, 1.807) is 16.7 Å². The van der Waals surface area contributed by atoms with Crippen LogP contribution in [0, 0.1) is 23.2 Å². The lowest BCUT2D eigenvalue weighted by atomic mass is 9.48. The molecule has 2 nitrogen and oxygen atoms in total. The molecule has 1 aromatic rings. The third-order valence-electron chi connectivity index (χ3n) is 9.26. The lowest BCUT2D eigenvalue weighted by molar-refractivity contribution is -0.108. The Bertz CT molecular complexity index is 884. The lowest BCUT2D eigenvalue weighted by Crippen LogP contribution is -2.58. The molecule has 0 aromatic heterocycles. The molecule has 0 unspecified atom stereocenters. The molecule has 0 bridgehead atoms. The first-order chi connectivity index (χ1) is 15.3. The average Bonchev–Trinajstić information content (AvgIpc) is 2.78. The summed E-state index contributed by atoms with van der Waals surface area (Å²) in [4.78, 5) is 11.2. The molecule has 0 heterocycles. The highest BCUT2D eigenvalue weighted by atomic mass is 28.4.